The van der Waals surface area contributed by atoms with E-state index < -0.39 is 0 Å². The molecule has 1 aromatic carbocycles. The van der Waals surface area contributed by atoms with Crippen LogP contribution in [0, 0.1) is 11.8 Å². The number of piperidine rings is 1. The maximum absolute atomic E-state index is 13.0. The normalized spacial score (nSPS) is 20.2. The van der Waals surface area contributed by atoms with E-state index in [1.807, 2.05) is 18.2 Å². The molecule has 27 heavy (non-hydrogen) atoms. The molecule has 0 spiro atoms. The van der Waals surface area contributed by atoms with Crippen molar-refractivity contribution in [2.75, 3.05) is 24.2 Å². The number of rotatable bonds is 3. The molecule has 2 aromatic heterocycles. The first-order valence-electron chi connectivity index (χ1n) is 9.33. The SMILES string of the molecule is CSc1ccc(-c2ccnc3nc(N4CC(C)CC(C)C4)[nH]c(=O)c23)cc1. The number of H-pyrrole nitrogens is 1. The van der Waals surface area contributed by atoms with E-state index >= 15 is 0 Å². The van der Waals surface area contributed by atoms with E-state index in [0.717, 1.165) is 24.2 Å². The van der Waals surface area contributed by atoms with Gasteiger partial charge in [0.05, 0.1) is 5.39 Å². The highest BCUT2D eigenvalue weighted by Crippen LogP contribution is 2.28. The van der Waals surface area contributed by atoms with Crippen molar-refractivity contribution >= 4 is 28.7 Å². The molecular formula is C21H24N4OS. The summed E-state index contributed by atoms with van der Waals surface area (Å²) in [4.78, 5) is 28.4. The fraction of sp³-hybridized carbons (Fsp3) is 0.381. The van der Waals surface area contributed by atoms with Crippen LogP contribution < -0.4 is 10.5 Å². The zero-order valence-electron chi connectivity index (χ0n) is 15.9. The molecule has 3 aromatic rings. The number of aromatic nitrogens is 3. The summed E-state index contributed by atoms with van der Waals surface area (Å²) in [7, 11) is 0. The fourth-order valence-corrected chi connectivity index (χ4v) is 4.46. The van der Waals surface area contributed by atoms with E-state index in [1.54, 1.807) is 18.0 Å². The van der Waals surface area contributed by atoms with Gasteiger partial charge in [0, 0.05) is 24.2 Å². The molecule has 140 valence electrons. The second-order valence-corrected chi connectivity index (χ2v) is 8.41. The van der Waals surface area contributed by atoms with Crippen molar-refractivity contribution in [1.82, 2.24) is 15.0 Å². The van der Waals surface area contributed by atoms with Gasteiger partial charge in [-0.15, -0.1) is 11.8 Å². The summed E-state index contributed by atoms with van der Waals surface area (Å²) in [6, 6.07) is 10.1. The number of thioether (sulfide) groups is 1. The second-order valence-electron chi connectivity index (χ2n) is 7.53. The Hall–Kier alpha value is -2.34. The molecule has 2 unspecified atom stereocenters. The number of pyridine rings is 1. The lowest BCUT2D eigenvalue weighted by Crippen LogP contribution is -2.40. The summed E-state index contributed by atoms with van der Waals surface area (Å²) in [5, 5.41) is 0.552. The highest BCUT2D eigenvalue weighted by Gasteiger charge is 2.24. The lowest BCUT2D eigenvalue weighted by Gasteiger charge is -2.35. The minimum Gasteiger partial charge on any atom is -0.342 e. The van der Waals surface area contributed by atoms with E-state index in [9.17, 15) is 4.79 Å². The van der Waals surface area contributed by atoms with E-state index in [-0.39, 0.29) is 5.56 Å². The molecule has 1 aliphatic rings. The predicted octanol–water partition coefficient (Wildman–Crippen LogP) is 4.19. The zero-order valence-corrected chi connectivity index (χ0v) is 16.7. The number of hydrogen-bond acceptors (Lipinski definition) is 5. The summed E-state index contributed by atoms with van der Waals surface area (Å²) < 4.78 is 0. The number of nitrogens with one attached hydrogen (secondary N) is 1. The third-order valence-electron chi connectivity index (χ3n) is 5.16. The third-order valence-corrected chi connectivity index (χ3v) is 5.91. The van der Waals surface area contributed by atoms with Gasteiger partial charge in [-0.3, -0.25) is 9.78 Å². The number of nitrogens with zero attached hydrogens (tertiary/aromatic N) is 3. The number of benzene rings is 1. The highest BCUT2D eigenvalue weighted by molar-refractivity contribution is 7.98. The number of hydrogen-bond donors (Lipinski definition) is 1. The van der Waals surface area contributed by atoms with Crippen LogP contribution >= 0.6 is 11.8 Å². The Morgan fingerprint density at radius 3 is 2.48 bits per heavy atom. The summed E-state index contributed by atoms with van der Waals surface area (Å²) in [5.41, 5.74) is 2.25. The summed E-state index contributed by atoms with van der Waals surface area (Å²) in [6.45, 7) is 6.32. The Morgan fingerprint density at radius 1 is 1.11 bits per heavy atom. The Kier molecular flexibility index (Phi) is 4.91. The van der Waals surface area contributed by atoms with Gasteiger partial charge in [-0.25, -0.2) is 4.98 Å². The Balaban J connectivity index is 1.79. The summed E-state index contributed by atoms with van der Waals surface area (Å²) in [6.07, 6.45) is 5.00. The standard InChI is InChI=1S/C21H24N4OS/c1-13-10-14(2)12-25(11-13)21-23-19-18(20(26)24-21)17(8-9-22-19)15-4-6-16(27-3)7-5-15/h4-9,13-14H,10-12H2,1-3H3,(H,22,23,24,26). The summed E-state index contributed by atoms with van der Waals surface area (Å²) in [5.74, 6) is 1.81. The lowest BCUT2D eigenvalue weighted by atomic mass is 9.92. The summed E-state index contributed by atoms with van der Waals surface area (Å²) >= 11 is 1.70. The minimum atomic E-state index is -0.127. The third kappa shape index (κ3) is 3.58. The molecule has 0 bridgehead atoms. The second kappa shape index (κ2) is 7.35. The first-order chi connectivity index (χ1) is 13.0. The molecular weight excluding hydrogens is 356 g/mol. The molecule has 0 aliphatic carbocycles. The molecule has 0 saturated carbocycles. The molecule has 0 radical (unpaired) electrons. The Labute approximate surface area is 163 Å². The molecule has 1 aliphatic heterocycles. The van der Waals surface area contributed by atoms with Gasteiger partial charge in [-0.1, -0.05) is 26.0 Å². The van der Waals surface area contributed by atoms with Crippen molar-refractivity contribution in [3.8, 4) is 11.1 Å². The maximum atomic E-state index is 13.0. The van der Waals surface area contributed by atoms with Gasteiger partial charge < -0.3 is 4.90 Å². The largest absolute Gasteiger partial charge is 0.342 e. The van der Waals surface area contributed by atoms with E-state index in [0.29, 0.717) is 28.8 Å². The molecule has 1 N–H and O–H groups in total. The van der Waals surface area contributed by atoms with E-state index in [1.165, 1.54) is 11.3 Å². The molecule has 1 fully saturated rings. The van der Waals surface area contributed by atoms with E-state index in [2.05, 4.69) is 47.1 Å². The van der Waals surface area contributed by atoms with Crippen molar-refractivity contribution in [1.29, 1.82) is 0 Å². The van der Waals surface area contributed by atoms with Crippen LogP contribution in [0.25, 0.3) is 22.2 Å². The van der Waals surface area contributed by atoms with Gasteiger partial charge >= 0.3 is 0 Å². The van der Waals surface area contributed by atoms with Crippen LogP contribution in [0.3, 0.4) is 0 Å². The Morgan fingerprint density at radius 2 is 1.81 bits per heavy atom. The van der Waals surface area contributed by atoms with Gasteiger partial charge in [-0.05, 0) is 53.8 Å². The van der Waals surface area contributed by atoms with Crippen molar-refractivity contribution in [3.63, 3.8) is 0 Å². The minimum absolute atomic E-state index is 0.127. The number of fused-ring (bicyclic) bond motifs is 1. The molecule has 0 amide bonds. The molecule has 4 rings (SSSR count). The van der Waals surface area contributed by atoms with Gasteiger partial charge in [0.2, 0.25) is 5.95 Å². The average Bonchev–Trinajstić information content (AvgIpc) is 2.66. The first-order valence-corrected chi connectivity index (χ1v) is 10.6. The molecule has 1 saturated heterocycles. The first kappa shape index (κ1) is 18.0. The van der Waals surface area contributed by atoms with Crippen molar-refractivity contribution < 1.29 is 0 Å². The predicted molar refractivity (Wildman–Crippen MR) is 113 cm³/mol. The zero-order chi connectivity index (χ0) is 19.0. The molecule has 6 heteroatoms. The maximum Gasteiger partial charge on any atom is 0.262 e. The number of anilines is 1. The van der Waals surface area contributed by atoms with Crippen molar-refractivity contribution in [2.24, 2.45) is 11.8 Å². The quantitative estimate of drug-likeness (QED) is 0.691. The fourth-order valence-electron chi connectivity index (χ4n) is 4.05. The van der Waals surface area contributed by atoms with Crippen molar-refractivity contribution in [3.05, 3.63) is 46.9 Å². The molecule has 2 atom stereocenters. The van der Waals surface area contributed by atoms with Crippen LogP contribution in [0.4, 0.5) is 5.95 Å². The van der Waals surface area contributed by atoms with Crippen LogP contribution in [-0.2, 0) is 0 Å². The van der Waals surface area contributed by atoms with Gasteiger partial charge in [0.15, 0.2) is 5.65 Å². The number of aromatic amines is 1. The van der Waals surface area contributed by atoms with E-state index in [4.69, 9.17) is 4.98 Å². The smallest absolute Gasteiger partial charge is 0.262 e. The van der Waals surface area contributed by atoms with Crippen molar-refractivity contribution in [2.45, 2.75) is 25.2 Å². The lowest BCUT2D eigenvalue weighted by molar-refractivity contribution is 0.353. The van der Waals surface area contributed by atoms with Gasteiger partial charge in [0.1, 0.15) is 0 Å². The monoisotopic (exact) mass is 380 g/mol. The van der Waals surface area contributed by atoms with Gasteiger partial charge in [-0.2, -0.15) is 4.98 Å². The van der Waals surface area contributed by atoms with Crippen LogP contribution in [-0.4, -0.2) is 34.3 Å². The average molecular weight is 381 g/mol. The molecule has 3 heterocycles. The van der Waals surface area contributed by atoms with Crippen LogP contribution in [0.5, 0.6) is 0 Å². The van der Waals surface area contributed by atoms with Crippen LogP contribution in [0.1, 0.15) is 20.3 Å². The highest BCUT2D eigenvalue weighted by atomic mass is 32.2. The van der Waals surface area contributed by atoms with Crippen LogP contribution in [0.15, 0.2) is 46.2 Å². The van der Waals surface area contributed by atoms with Crippen LogP contribution in [0.2, 0.25) is 0 Å². The topological polar surface area (TPSA) is 61.9 Å². The molecule has 5 nitrogen and oxygen atoms in total. The Bertz CT molecular complexity index is 1000. The van der Waals surface area contributed by atoms with Gasteiger partial charge in [0.25, 0.3) is 5.56 Å².